The SMILES string of the molecule is C=CC(=O)N1CCN(c2nc(O)nc3nc(-c4cccc5c4CCCC5)ccc23)CC1. The van der Waals surface area contributed by atoms with Crippen molar-refractivity contribution in [2.24, 2.45) is 0 Å². The number of nitrogens with zero attached hydrogens (tertiary/aromatic N) is 5. The fourth-order valence-electron chi connectivity index (χ4n) is 4.66. The van der Waals surface area contributed by atoms with E-state index in [0.29, 0.717) is 37.6 Å². The van der Waals surface area contributed by atoms with Crippen molar-refractivity contribution in [2.45, 2.75) is 25.7 Å². The van der Waals surface area contributed by atoms with E-state index in [1.54, 1.807) is 4.90 Å². The smallest absolute Gasteiger partial charge is 0.317 e. The highest BCUT2D eigenvalue weighted by Crippen LogP contribution is 2.33. The number of hydrogen-bond acceptors (Lipinski definition) is 6. The normalized spacial score (nSPS) is 16.3. The average molecular weight is 415 g/mol. The van der Waals surface area contributed by atoms with Gasteiger partial charge in [-0.3, -0.25) is 4.79 Å². The number of amides is 1. The van der Waals surface area contributed by atoms with E-state index in [-0.39, 0.29) is 11.9 Å². The summed E-state index contributed by atoms with van der Waals surface area (Å²) < 4.78 is 0. The maximum Gasteiger partial charge on any atom is 0.317 e. The van der Waals surface area contributed by atoms with Crippen LogP contribution in [0.3, 0.4) is 0 Å². The second-order valence-corrected chi connectivity index (χ2v) is 8.08. The molecule has 0 saturated carbocycles. The molecular weight excluding hydrogens is 390 g/mol. The zero-order valence-corrected chi connectivity index (χ0v) is 17.4. The minimum absolute atomic E-state index is 0.0625. The van der Waals surface area contributed by atoms with Gasteiger partial charge in [0.15, 0.2) is 5.65 Å². The van der Waals surface area contributed by atoms with E-state index in [2.05, 4.69) is 39.6 Å². The van der Waals surface area contributed by atoms with Gasteiger partial charge in [-0.1, -0.05) is 24.8 Å². The fourth-order valence-corrected chi connectivity index (χ4v) is 4.66. The van der Waals surface area contributed by atoms with Crippen LogP contribution in [0.1, 0.15) is 24.0 Å². The van der Waals surface area contributed by atoms with Gasteiger partial charge >= 0.3 is 6.01 Å². The van der Waals surface area contributed by atoms with Gasteiger partial charge in [-0.05, 0) is 55.0 Å². The van der Waals surface area contributed by atoms with Crippen LogP contribution in [-0.2, 0) is 17.6 Å². The van der Waals surface area contributed by atoms with Crippen molar-refractivity contribution in [1.82, 2.24) is 19.9 Å². The molecule has 0 spiro atoms. The highest BCUT2D eigenvalue weighted by Gasteiger charge is 2.23. The Morgan fingerprint density at radius 3 is 2.61 bits per heavy atom. The molecule has 7 heteroatoms. The predicted octanol–water partition coefficient (Wildman–Crippen LogP) is 3.11. The monoisotopic (exact) mass is 415 g/mol. The Kier molecular flexibility index (Phi) is 5.02. The number of anilines is 1. The third-order valence-electron chi connectivity index (χ3n) is 6.27. The number of aryl methyl sites for hydroxylation is 1. The average Bonchev–Trinajstić information content (AvgIpc) is 2.82. The Morgan fingerprint density at radius 1 is 1.00 bits per heavy atom. The number of pyridine rings is 1. The van der Waals surface area contributed by atoms with Crippen LogP contribution in [0.2, 0.25) is 0 Å². The van der Waals surface area contributed by atoms with Crippen molar-refractivity contribution in [2.75, 3.05) is 31.1 Å². The number of piperazine rings is 1. The maximum atomic E-state index is 11.9. The third-order valence-corrected chi connectivity index (χ3v) is 6.27. The fraction of sp³-hybridized carbons (Fsp3) is 0.333. The molecule has 3 heterocycles. The van der Waals surface area contributed by atoms with Crippen molar-refractivity contribution in [1.29, 1.82) is 0 Å². The number of rotatable bonds is 3. The molecular formula is C24H25N5O2. The molecule has 1 N–H and O–H groups in total. The zero-order chi connectivity index (χ0) is 21.4. The second-order valence-electron chi connectivity index (χ2n) is 8.08. The van der Waals surface area contributed by atoms with Crippen molar-refractivity contribution >= 4 is 22.8 Å². The summed E-state index contributed by atoms with van der Waals surface area (Å²) in [5, 5.41) is 11.0. The van der Waals surface area contributed by atoms with Crippen LogP contribution in [0.4, 0.5) is 5.82 Å². The predicted molar refractivity (Wildman–Crippen MR) is 120 cm³/mol. The lowest BCUT2D eigenvalue weighted by atomic mass is 9.87. The van der Waals surface area contributed by atoms with E-state index in [0.717, 1.165) is 29.5 Å². The largest absolute Gasteiger partial charge is 0.479 e. The van der Waals surface area contributed by atoms with E-state index in [1.165, 1.54) is 30.0 Å². The lowest BCUT2D eigenvalue weighted by Crippen LogP contribution is -2.48. The van der Waals surface area contributed by atoms with Gasteiger partial charge in [0.25, 0.3) is 0 Å². The van der Waals surface area contributed by atoms with E-state index in [1.807, 2.05) is 12.1 Å². The molecule has 2 aliphatic rings. The first-order chi connectivity index (χ1) is 15.1. The molecule has 0 bridgehead atoms. The highest BCUT2D eigenvalue weighted by molar-refractivity contribution is 5.90. The van der Waals surface area contributed by atoms with Crippen LogP contribution in [0.5, 0.6) is 6.01 Å². The van der Waals surface area contributed by atoms with Crippen LogP contribution in [-0.4, -0.2) is 57.0 Å². The van der Waals surface area contributed by atoms with Gasteiger partial charge in [-0.25, -0.2) is 4.98 Å². The van der Waals surface area contributed by atoms with E-state index in [9.17, 15) is 9.90 Å². The van der Waals surface area contributed by atoms with Crippen LogP contribution in [0.25, 0.3) is 22.3 Å². The van der Waals surface area contributed by atoms with Crippen molar-refractivity contribution in [3.05, 3.63) is 54.1 Å². The van der Waals surface area contributed by atoms with Gasteiger partial charge in [0.1, 0.15) is 5.82 Å². The summed E-state index contributed by atoms with van der Waals surface area (Å²) in [6.07, 6.45) is 5.96. The Balaban J connectivity index is 1.51. The first kappa shape index (κ1) is 19.5. The van der Waals surface area contributed by atoms with E-state index < -0.39 is 0 Å². The molecule has 1 fully saturated rings. The number of carbonyl (C=O) groups is 1. The van der Waals surface area contributed by atoms with Crippen molar-refractivity contribution in [3.8, 4) is 17.3 Å². The first-order valence-electron chi connectivity index (χ1n) is 10.8. The van der Waals surface area contributed by atoms with E-state index >= 15 is 0 Å². The minimum atomic E-state index is -0.285. The Labute approximate surface area is 181 Å². The Hall–Kier alpha value is -3.48. The van der Waals surface area contributed by atoms with Crippen molar-refractivity contribution < 1.29 is 9.90 Å². The van der Waals surface area contributed by atoms with Gasteiger partial charge in [0.2, 0.25) is 5.91 Å². The molecule has 1 aliphatic carbocycles. The van der Waals surface area contributed by atoms with Crippen LogP contribution in [0.15, 0.2) is 43.0 Å². The molecule has 1 saturated heterocycles. The molecule has 2 aromatic heterocycles. The molecule has 3 aromatic rings. The lowest BCUT2D eigenvalue weighted by Gasteiger charge is -2.35. The third kappa shape index (κ3) is 3.60. The number of aromatic hydroxyl groups is 1. The molecule has 5 rings (SSSR count). The number of hydrogen-bond donors (Lipinski definition) is 1. The van der Waals surface area contributed by atoms with Crippen LogP contribution >= 0.6 is 0 Å². The summed E-state index contributed by atoms with van der Waals surface area (Å²) in [6.45, 7) is 5.97. The first-order valence-corrected chi connectivity index (χ1v) is 10.8. The minimum Gasteiger partial charge on any atom is -0.479 e. The number of fused-ring (bicyclic) bond motifs is 2. The molecule has 0 unspecified atom stereocenters. The molecule has 1 amide bonds. The van der Waals surface area contributed by atoms with Gasteiger partial charge in [0.05, 0.1) is 11.1 Å². The molecule has 0 atom stereocenters. The Morgan fingerprint density at radius 2 is 1.81 bits per heavy atom. The molecule has 158 valence electrons. The summed E-state index contributed by atoms with van der Waals surface area (Å²) in [7, 11) is 0. The number of carbonyl (C=O) groups excluding carboxylic acids is 1. The molecule has 31 heavy (non-hydrogen) atoms. The summed E-state index contributed by atoms with van der Waals surface area (Å²) >= 11 is 0. The molecule has 7 nitrogen and oxygen atoms in total. The standard InChI is InChI=1S/C24H25N5O2/c1-2-21(30)28-12-14-29(15-13-28)23-19-10-11-20(25-22(19)26-24(31)27-23)18-9-5-7-16-6-3-4-8-17(16)18/h2,5,7,9-11H,1,3-4,6,8,12-15H2,(H,25,26,27,31). The van der Waals surface area contributed by atoms with Gasteiger partial charge in [-0.2, -0.15) is 9.97 Å². The molecule has 0 radical (unpaired) electrons. The molecule has 1 aromatic carbocycles. The zero-order valence-electron chi connectivity index (χ0n) is 17.4. The number of aromatic nitrogens is 3. The summed E-state index contributed by atoms with van der Waals surface area (Å²) in [5.74, 6) is 0.592. The van der Waals surface area contributed by atoms with Crippen LogP contribution < -0.4 is 4.90 Å². The second kappa shape index (κ2) is 7.98. The lowest BCUT2D eigenvalue weighted by molar-refractivity contribution is -0.126. The van der Waals surface area contributed by atoms with Gasteiger partial charge in [-0.15, -0.1) is 0 Å². The van der Waals surface area contributed by atoms with E-state index in [4.69, 9.17) is 4.98 Å². The maximum absolute atomic E-state index is 11.9. The van der Waals surface area contributed by atoms with Gasteiger partial charge < -0.3 is 14.9 Å². The summed E-state index contributed by atoms with van der Waals surface area (Å²) in [4.78, 5) is 29.0. The van der Waals surface area contributed by atoms with Gasteiger partial charge in [0, 0.05) is 31.7 Å². The Bertz CT molecular complexity index is 1170. The number of benzene rings is 1. The molecule has 1 aliphatic heterocycles. The van der Waals surface area contributed by atoms with Crippen LogP contribution in [0, 0.1) is 0 Å². The topological polar surface area (TPSA) is 82.5 Å². The van der Waals surface area contributed by atoms with Crippen molar-refractivity contribution in [3.63, 3.8) is 0 Å². The summed E-state index contributed by atoms with van der Waals surface area (Å²) in [6, 6.07) is 10.2. The quantitative estimate of drug-likeness (QED) is 0.662. The summed E-state index contributed by atoms with van der Waals surface area (Å²) in [5.41, 5.74) is 5.29. The highest BCUT2D eigenvalue weighted by atomic mass is 16.3.